The summed E-state index contributed by atoms with van der Waals surface area (Å²) >= 11 is 0. The molecule has 0 saturated heterocycles. The lowest BCUT2D eigenvalue weighted by atomic mass is 9.85. The van der Waals surface area contributed by atoms with E-state index in [0.717, 1.165) is 49.7 Å². The average Bonchev–Trinajstić information content (AvgIpc) is 3.41. The number of hydrogen-bond donors (Lipinski definition) is 2. The third kappa shape index (κ3) is 4.21. The quantitative estimate of drug-likeness (QED) is 0.842. The van der Waals surface area contributed by atoms with Crippen molar-refractivity contribution in [3.8, 4) is 11.4 Å². The second-order valence-corrected chi connectivity index (χ2v) is 7.90. The lowest BCUT2D eigenvalue weighted by Gasteiger charge is -2.28. The minimum Gasteiger partial charge on any atom is -0.353 e. The van der Waals surface area contributed by atoms with Gasteiger partial charge in [-0.25, -0.2) is 0 Å². The van der Waals surface area contributed by atoms with E-state index in [2.05, 4.69) is 15.5 Å². The SMILES string of the molecule is NCc1ccc(-c2noc(C3CCC(NC(=O)C4CCCC4)CC3)n2)cc1. The molecule has 0 atom stereocenters. The van der Waals surface area contributed by atoms with Crippen LogP contribution in [-0.4, -0.2) is 22.1 Å². The molecule has 4 rings (SSSR count). The average molecular weight is 368 g/mol. The standard InChI is InChI=1S/C21H28N4O2/c22-13-14-5-7-15(8-6-14)19-24-21(27-25-19)17-9-11-18(12-10-17)23-20(26)16-3-1-2-4-16/h5-8,16-18H,1-4,9-13,22H2,(H,23,26). The number of rotatable bonds is 5. The fraction of sp³-hybridized carbons (Fsp3) is 0.571. The predicted molar refractivity (Wildman–Crippen MR) is 103 cm³/mol. The van der Waals surface area contributed by atoms with Crippen molar-refractivity contribution >= 4 is 5.91 Å². The Morgan fingerprint density at radius 2 is 1.78 bits per heavy atom. The Kier molecular flexibility index (Phi) is 5.53. The molecule has 2 aliphatic carbocycles. The molecule has 1 amide bonds. The normalized spacial score (nSPS) is 23.4. The summed E-state index contributed by atoms with van der Waals surface area (Å²) in [5.41, 5.74) is 7.67. The van der Waals surface area contributed by atoms with E-state index >= 15 is 0 Å². The van der Waals surface area contributed by atoms with Crippen LogP contribution in [0.1, 0.15) is 68.7 Å². The number of carbonyl (C=O) groups excluding carboxylic acids is 1. The smallest absolute Gasteiger partial charge is 0.230 e. The third-order valence-electron chi connectivity index (χ3n) is 6.04. The van der Waals surface area contributed by atoms with E-state index in [4.69, 9.17) is 10.3 Å². The number of hydrogen-bond acceptors (Lipinski definition) is 5. The zero-order valence-electron chi connectivity index (χ0n) is 15.7. The summed E-state index contributed by atoms with van der Waals surface area (Å²) in [5, 5.41) is 7.41. The maximum absolute atomic E-state index is 12.3. The van der Waals surface area contributed by atoms with Crippen LogP contribution in [0.25, 0.3) is 11.4 Å². The largest absolute Gasteiger partial charge is 0.353 e. The molecule has 6 nitrogen and oxygen atoms in total. The summed E-state index contributed by atoms with van der Waals surface area (Å²) in [5.74, 6) is 2.14. The highest BCUT2D eigenvalue weighted by Gasteiger charge is 2.29. The van der Waals surface area contributed by atoms with Gasteiger partial charge in [0.25, 0.3) is 0 Å². The van der Waals surface area contributed by atoms with Crippen LogP contribution in [0.3, 0.4) is 0 Å². The molecular weight excluding hydrogens is 340 g/mol. The van der Waals surface area contributed by atoms with Crippen LogP contribution in [0.2, 0.25) is 0 Å². The van der Waals surface area contributed by atoms with Gasteiger partial charge in [-0.05, 0) is 44.1 Å². The molecule has 2 saturated carbocycles. The Hall–Kier alpha value is -2.21. The van der Waals surface area contributed by atoms with Crippen LogP contribution >= 0.6 is 0 Å². The Balaban J connectivity index is 1.31. The number of nitrogens with two attached hydrogens (primary N) is 1. The van der Waals surface area contributed by atoms with E-state index in [1.807, 2.05) is 24.3 Å². The van der Waals surface area contributed by atoms with Gasteiger partial charge >= 0.3 is 0 Å². The van der Waals surface area contributed by atoms with Crippen molar-refractivity contribution in [1.82, 2.24) is 15.5 Å². The fourth-order valence-corrected chi connectivity index (χ4v) is 4.30. The van der Waals surface area contributed by atoms with Crippen molar-refractivity contribution in [2.45, 2.75) is 69.9 Å². The molecule has 0 radical (unpaired) electrons. The Bertz CT molecular complexity index is 757. The van der Waals surface area contributed by atoms with Gasteiger partial charge < -0.3 is 15.6 Å². The van der Waals surface area contributed by atoms with Crippen LogP contribution in [-0.2, 0) is 11.3 Å². The second kappa shape index (κ2) is 8.21. The molecule has 1 aromatic heterocycles. The van der Waals surface area contributed by atoms with Gasteiger partial charge in [0.1, 0.15) is 0 Å². The van der Waals surface area contributed by atoms with Crippen molar-refractivity contribution < 1.29 is 9.32 Å². The van der Waals surface area contributed by atoms with Gasteiger partial charge in [0, 0.05) is 30.0 Å². The second-order valence-electron chi connectivity index (χ2n) is 7.90. The molecule has 2 aromatic rings. The van der Waals surface area contributed by atoms with Crippen molar-refractivity contribution in [3.05, 3.63) is 35.7 Å². The molecular formula is C21H28N4O2. The zero-order valence-corrected chi connectivity index (χ0v) is 15.7. The summed E-state index contributed by atoms with van der Waals surface area (Å²) in [4.78, 5) is 16.9. The van der Waals surface area contributed by atoms with Crippen LogP contribution in [0.4, 0.5) is 0 Å². The van der Waals surface area contributed by atoms with Crippen LogP contribution in [0, 0.1) is 5.92 Å². The lowest BCUT2D eigenvalue weighted by molar-refractivity contribution is -0.125. The topological polar surface area (TPSA) is 94.0 Å². The van der Waals surface area contributed by atoms with Crippen LogP contribution in [0.15, 0.2) is 28.8 Å². The van der Waals surface area contributed by atoms with E-state index in [0.29, 0.717) is 24.3 Å². The first-order valence-corrected chi connectivity index (χ1v) is 10.2. The van der Waals surface area contributed by atoms with E-state index in [1.54, 1.807) is 0 Å². The van der Waals surface area contributed by atoms with E-state index in [1.165, 1.54) is 12.8 Å². The highest BCUT2D eigenvalue weighted by Crippen LogP contribution is 2.33. The highest BCUT2D eigenvalue weighted by atomic mass is 16.5. The first kappa shape index (κ1) is 18.2. The maximum Gasteiger partial charge on any atom is 0.230 e. The van der Waals surface area contributed by atoms with Crippen molar-refractivity contribution in [2.24, 2.45) is 11.7 Å². The number of amides is 1. The summed E-state index contributed by atoms with van der Waals surface area (Å²) in [7, 11) is 0. The number of nitrogens with zero attached hydrogens (tertiary/aromatic N) is 2. The number of aromatic nitrogens is 2. The van der Waals surface area contributed by atoms with Gasteiger partial charge in [0.15, 0.2) is 0 Å². The molecule has 0 bridgehead atoms. The van der Waals surface area contributed by atoms with E-state index in [9.17, 15) is 4.79 Å². The predicted octanol–water partition coefficient (Wildman–Crippen LogP) is 3.53. The third-order valence-corrected chi connectivity index (χ3v) is 6.04. The van der Waals surface area contributed by atoms with Gasteiger partial charge in [-0.3, -0.25) is 4.79 Å². The van der Waals surface area contributed by atoms with Gasteiger partial charge in [-0.15, -0.1) is 0 Å². The molecule has 3 N–H and O–H groups in total. The molecule has 1 heterocycles. The molecule has 0 aliphatic heterocycles. The van der Waals surface area contributed by atoms with Gasteiger partial charge in [0.05, 0.1) is 0 Å². The summed E-state index contributed by atoms with van der Waals surface area (Å²) in [6.45, 7) is 0.526. The molecule has 144 valence electrons. The Morgan fingerprint density at radius 1 is 1.07 bits per heavy atom. The van der Waals surface area contributed by atoms with Crippen molar-refractivity contribution in [2.75, 3.05) is 0 Å². The molecule has 27 heavy (non-hydrogen) atoms. The summed E-state index contributed by atoms with van der Waals surface area (Å²) in [6, 6.07) is 8.23. The summed E-state index contributed by atoms with van der Waals surface area (Å²) in [6.07, 6.45) is 8.40. The molecule has 2 aliphatic rings. The number of carbonyl (C=O) groups is 1. The number of nitrogens with one attached hydrogen (secondary N) is 1. The monoisotopic (exact) mass is 368 g/mol. The minimum atomic E-state index is 0.242. The minimum absolute atomic E-state index is 0.242. The first-order valence-electron chi connectivity index (χ1n) is 10.2. The van der Waals surface area contributed by atoms with E-state index in [-0.39, 0.29) is 17.7 Å². The lowest BCUT2D eigenvalue weighted by Crippen LogP contribution is -2.40. The molecule has 0 spiro atoms. The Labute approximate surface area is 159 Å². The van der Waals surface area contributed by atoms with Gasteiger partial charge in [0.2, 0.25) is 17.6 Å². The zero-order chi connectivity index (χ0) is 18.6. The van der Waals surface area contributed by atoms with Crippen LogP contribution < -0.4 is 11.1 Å². The first-order chi connectivity index (χ1) is 13.2. The van der Waals surface area contributed by atoms with Gasteiger partial charge in [-0.1, -0.05) is 42.3 Å². The van der Waals surface area contributed by atoms with Crippen LogP contribution in [0.5, 0.6) is 0 Å². The fourth-order valence-electron chi connectivity index (χ4n) is 4.30. The van der Waals surface area contributed by atoms with E-state index < -0.39 is 0 Å². The number of benzene rings is 1. The maximum atomic E-state index is 12.3. The van der Waals surface area contributed by atoms with Gasteiger partial charge in [-0.2, -0.15) is 4.98 Å². The summed E-state index contributed by atoms with van der Waals surface area (Å²) < 4.78 is 5.54. The molecule has 6 heteroatoms. The molecule has 0 unspecified atom stereocenters. The molecule has 1 aromatic carbocycles. The Morgan fingerprint density at radius 3 is 2.44 bits per heavy atom. The van der Waals surface area contributed by atoms with Crippen molar-refractivity contribution in [3.63, 3.8) is 0 Å². The molecule has 2 fully saturated rings. The van der Waals surface area contributed by atoms with Crippen molar-refractivity contribution in [1.29, 1.82) is 0 Å². The highest BCUT2D eigenvalue weighted by molar-refractivity contribution is 5.79.